The van der Waals surface area contributed by atoms with Gasteiger partial charge in [0.2, 0.25) is 17.6 Å². The van der Waals surface area contributed by atoms with Crippen LogP contribution in [0, 0.1) is 0 Å². The van der Waals surface area contributed by atoms with Crippen molar-refractivity contribution >= 4 is 17.7 Å². The normalized spacial score (nSPS) is 12.9. The minimum absolute atomic E-state index is 0.0584. The first-order chi connectivity index (χ1) is 15.4. The van der Waals surface area contributed by atoms with Crippen molar-refractivity contribution in [3.63, 3.8) is 0 Å². The fourth-order valence-electron chi connectivity index (χ4n) is 3.49. The molecule has 0 spiro atoms. The maximum absolute atomic E-state index is 13.0. The number of carbonyl (C=O) groups excluding carboxylic acids is 3. The molecule has 0 atom stereocenters. The van der Waals surface area contributed by atoms with Gasteiger partial charge in [0.15, 0.2) is 0 Å². The van der Waals surface area contributed by atoms with Crippen molar-refractivity contribution in [2.75, 3.05) is 13.7 Å². The van der Waals surface area contributed by atoms with Gasteiger partial charge in [-0.25, -0.2) is 0 Å². The number of benzene rings is 2. The van der Waals surface area contributed by atoms with Gasteiger partial charge in [-0.15, -0.1) is 0 Å². The zero-order chi connectivity index (χ0) is 22.8. The van der Waals surface area contributed by atoms with Crippen LogP contribution in [0.1, 0.15) is 40.5 Å². The molecule has 0 unspecified atom stereocenters. The van der Waals surface area contributed by atoms with Gasteiger partial charge in [-0.05, 0) is 50.2 Å². The van der Waals surface area contributed by atoms with Gasteiger partial charge in [0.25, 0.3) is 11.8 Å². The highest BCUT2D eigenvalue weighted by molar-refractivity contribution is 6.22. The highest BCUT2D eigenvalue weighted by Crippen LogP contribution is 2.23. The molecule has 2 aromatic carbocycles. The van der Waals surface area contributed by atoms with E-state index in [2.05, 4.69) is 10.1 Å². The molecule has 0 radical (unpaired) electrons. The Morgan fingerprint density at radius 2 is 1.69 bits per heavy atom. The predicted octanol–water partition coefficient (Wildman–Crippen LogP) is 2.78. The van der Waals surface area contributed by atoms with Crippen LogP contribution in [0.5, 0.6) is 5.75 Å². The number of ether oxygens (including phenoxy) is 1. The van der Waals surface area contributed by atoms with Crippen LogP contribution >= 0.6 is 0 Å². The van der Waals surface area contributed by atoms with Crippen LogP contribution in [-0.2, 0) is 11.3 Å². The first-order valence-electron chi connectivity index (χ1n) is 10.1. The fourth-order valence-corrected chi connectivity index (χ4v) is 3.49. The Morgan fingerprint density at radius 1 is 1.06 bits per heavy atom. The highest BCUT2D eigenvalue weighted by Gasteiger charge is 2.37. The molecule has 0 fully saturated rings. The van der Waals surface area contributed by atoms with Crippen LogP contribution in [0.4, 0.5) is 0 Å². The molecule has 0 saturated heterocycles. The number of rotatable bonds is 7. The summed E-state index contributed by atoms with van der Waals surface area (Å²) in [5.74, 6) is 0.0183. The Bertz CT molecular complexity index is 1130. The molecule has 0 N–H and O–H groups in total. The monoisotopic (exact) mass is 434 g/mol. The molecule has 1 aliphatic rings. The second kappa shape index (κ2) is 8.62. The third kappa shape index (κ3) is 3.96. The number of fused-ring (bicyclic) bond motifs is 1. The van der Waals surface area contributed by atoms with Crippen LogP contribution < -0.4 is 4.74 Å². The van der Waals surface area contributed by atoms with E-state index in [4.69, 9.17) is 9.26 Å². The van der Waals surface area contributed by atoms with Gasteiger partial charge >= 0.3 is 0 Å². The van der Waals surface area contributed by atoms with E-state index in [-0.39, 0.29) is 25.0 Å². The van der Waals surface area contributed by atoms with Crippen molar-refractivity contribution in [1.82, 2.24) is 19.9 Å². The van der Waals surface area contributed by atoms with Gasteiger partial charge in [0.05, 0.1) is 18.2 Å². The standard InChI is InChI=1S/C23H22N4O5/c1-14(2)26(12-19-24-21(25-32-19)15-8-10-16(31-3)11-9-15)20(28)13-27-22(29)17-6-4-5-7-18(17)23(27)30/h4-11,14H,12-13H2,1-3H3. The Morgan fingerprint density at radius 3 is 2.25 bits per heavy atom. The van der Waals surface area contributed by atoms with E-state index in [1.165, 1.54) is 4.90 Å². The maximum atomic E-state index is 13.0. The summed E-state index contributed by atoms with van der Waals surface area (Å²) in [5, 5.41) is 3.98. The zero-order valence-electron chi connectivity index (χ0n) is 17.9. The maximum Gasteiger partial charge on any atom is 0.262 e. The lowest BCUT2D eigenvalue weighted by Crippen LogP contribution is -2.45. The number of hydrogen-bond donors (Lipinski definition) is 0. The van der Waals surface area contributed by atoms with Crippen molar-refractivity contribution in [1.29, 1.82) is 0 Å². The number of aromatic nitrogens is 2. The molecule has 0 aliphatic carbocycles. The van der Waals surface area contributed by atoms with E-state index >= 15 is 0 Å². The molecule has 9 heteroatoms. The Balaban J connectivity index is 1.47. The fraction of sp³-hybridized carbons (Fsp3) is 0.261. The average molecular weight is 434 g/mol. The van der Waals surface area contributed by atoms with Crippen LogP contribution in [0.25, 0.3) is 11.4 Å². The molecule has 0 bridgehead atoms. The summed E-state index contributed by atoms with van der Waals surface area (Å²) >= 11 is 0. The van der Waals surface area contributed by atoms with E-state index in [1.807, 2.05) is 13.8 Å². The third-order valence-corrected chi connectivity index (χ3v) is 5.24. The van der Waals surface area contributed by atoms with E-state index in [1.54, 1.807) is 55.6 Å². The molecule has 164 valence electrons. The molecular weight excluding hydrogens is 412 g/mol. The van der Waals surface area contributed by atoms with Crippen LogP contribution in [-0.4, -0.2) is 57.4 Å². The SMILES string of the molecule is COc1ccc(-c2noc(CN(C(=O)CN3C(=O)c4ccccc4C3=O)C(C)C)n2)cc1. The lowest BCUT2D eigenvalue weighted by atomic mass is 10.1. The smallest absolute Gasteiger partial charge is 0.262 e. The van der Waals surface area contributed by atoms with E-state index in [0.29, 0.717) is 22.7 Å². The number of methoxy groups -OCH3 is 1. The average Bonchev–Trinajstić information content (AvgIpc) is 3.36. The lowest BCUT2D eigenvalue weighted by Gasteiger charge is -2.27. The topological polar surface area (TPSA) is 106 Å². The minimum atomic E-state index is -0.470. The lowest BCUT2D eigenvalue weighted by molar-refractivity contribution is -0.134. The summed E-state index contributed by atoms with van der Waals surface area (Å²) in [5.41, 5.74) is 1.36. The van der Waals surface area contributed by atoms with Crippen molar-refractivity contribution in [3.8, 4) is 17.1 Å². The van der Waals surface area contributed by atoms with Gasteiger partial charge in [-0.3, -0.25) is 19.3 Å². The van der Waals surface area contributed by atoms with Gasteiger partial charge in [0, 0.05) is 11.6 Å². The van der Waals surface area contributed by atoms with Crippen molar-refractivity contribution in [3.05, 3.63) is 65.5 Å². The van der Waals surface area contributed by atoms with Gasteiger partial charge in [-0.1, -0.05) is 17.3 Å². The largest absolute Gasteiger partial charge is 0.497 e. The Kier molecular flexibility index (Phi) is 5.72. The van der Waals surface area contributed by atoms with E-state index in [9.17, 15) is 14.4 Å². The molecule has 1 aromatic heterocycles. The van der Waals surface area contributed by atoms with Crippen molar-refractivity contribution in [2.24, 2.45) is 0 Å². The highest BCUT2D eigenvalue weighted by atomic mass is 16.5. The first kappa shape index (κ1) is 21.2. The summed E-state index contributed by atoms with van der Waals surface area (Å²) in [7, 11) is 1.58. The predicted molar refractivity (Wildman–Crippen MR) is 114 cm³/mol. The summed E-state index contributed by atoms with van der Waals surface area (Å²) in [4.78, 5) is 45.0. The Hall–Kier alpha value is -4.01. The van der Waals surface area contributed by atoms with E-state index < -0.39 is 17.7 Å². The number of carbonyl (C=O) groups is 3. The van der Waals surface area contributed by atoms with Crippen LogP contribution in [0.3, 0.4) is 0 Å². The molecule has 4 rings (SSSR count). The second-order valence-corrected chi connectivity index (χ2v) is 7.60. The molecule has 1 aliphatic heterocycles. The molecule has 3 aromatic rings. The van der Waals surface area contributed by atoms with Gasteiger partial charge < -0.3 is 14.2 Å². The molecule has 32 heavy (non-hydrogen) atoms. The zero-order valence-corrected chi connectivity index (χ0v) is 17.9. The second-order valence-electron chi connectivity index (χ2n) is 7.60. The molecule has 2 heterocycles. The van der Waals surface area contributed by atoms with Crippen LogP contribution in [0.15, 0.2) is 53.1 Å². The number of hydrogen-bond acceptors (Lipinski definition) is 7. The molecule has 3 amide bonds. The van der Waals surface area contributed by atoms with E-state index in [0.717, 1.165) is 10.5 Å². The summed E-state index contributed by atoms with van der Waals surface area (Å²) in [6.45, 7) is 3.37. The molecule has 0 saturated carbocycles. The number of amides is 3. The number of imide groups is 1. The van der Waals surface area contributed by atoms with Crippen molar-refractivity contribution < 1.29 is 23.6 Å². The molecular formula is C23H22N4O5. The quantitative estimate of drug-likeness (QED) is 0.527. The first-order valence-corrected chi connectivity index (χ1v) is 10.1. The summed E-state index contributed by atoms with van der Waals surface area (Å²) in [6, 6.07) is 13.5. The van der Waals surface area contributed by atoms with Crippen molar-refractivity contribution in [2.45, 2.75) is 26.4 Å². The number of nitrogens with zero attached hydrogens (tertiary/aromatic N) is 4. The minimum Gasteiger partial charge on any atom is -0.497 e. The third-order valence-electron chi connectivity index (χ3n) is 5.24. The summed E-state index contributed by atoms with van der Waals surface area (Å²) in [6.07, 6.45) is 0. The van der Waals surface area contributed by atoms with Gasteiger partial charge in [0.1, 0.15) is 18.8 Å². The summed E-state index contributed by atoms with van der Waals surface area (Å²) < 4.78 is 10.5. The molecule has 9 nitrogen and oxygen atoms in total. The van der Waals surface area contributed by atoms with Gasteiger partial charge in [-0.2, -0.15) is 4.98 Å². The van der Waals surface area contributed by atoms with Crippen LogP contribution in [0.2, 0.25) is 0 Å². The Labute approximate surface area is 184 Å².